The van der Waals surface area contributed by atoms with Crippen LogP contribution in [0.2, 0.25) is 0 Å². The highest BCUT2D eigenvalue weighted by Crippen LogP contribution is 2.18. The van der Waals surface area contributed by atoms with Crippen molar-refractivity contribution in [3.05, 3.63) is 114 Å². The maximum atomic E-state index is 2.61. The second-order valence-electron chi connectivity index (χ2n) is 7.51. The third-order valence-corrected chi connectivity index (χ3v) is 5.41. The SMILES string of the molecule is C(=C\C1CN(Cc2ccccc2)CCN1Cc1ccccc1)/c1ccccc1. The topological polar surface area (TPSA) is 6.48 Å². The summed E-state index contributed by atoms with van der Waals surface area (Å²) in [5.74, 6) is 0. The molecule has 0 aliphatic carbocycles. The van der Waals surface area contributed by atoms with Gasteiger partial charge in [0.1, 0.15) is 0 Å². The van der Waals surface area contributed by atoms with Crippen LogP contribution in [0.15, 0.2) is 97.1 Å². The van der Waals surface area contributed by atoms with E-state index in [1.165, 1.54) is 16.7 Å². The van der Waals surface area contributed by atoms with Gasteiger partial charge < -0.3 is 0 Å². The lowest BCUT2D eigenvalue weighted by molar-refractivity contribution is 0.0872. The summed E-state index contributed by atoms with van der Waals surface area (Å²) in [6.45, 7) is 5.29. The van der Waals surface area contributed by atoms with Crippen LogP contribution in [0.4, 0.5) is 0 Å². The Morgan fingerprint density at radius 3 is 1.89 bits per heavy atom. The molecule has 0 N–H and O–H groups in total. The molecule has 3 aromatic rings. The molecule has 142 valence electrons. The van der Waals surface area contributed by atoms with E-state index in [4.69, 9.17) is 0 Å². The maximum absolute atomic E-state index is 2.61. The minimum absolute atomic E-state index is 0.415. The molecule has 1 saturated heterocycles. The molecule has 1 aliphatic heterocycles. The van der Waals surface area contributed by atoms with E-state index in [-0.39, 0.29) is 0 Å². The van der Waals surface area contributed by atoms with E-state index in [9.17, 15) is 0 Å². The molecule has 0 amide bonds. The highest BCUT2D eigenvalue weighted by molar-refractivity contribution is 5.49. The maximum Gasteiger partial charge on any atom is 0.0413 e. The molecule has 2 heteroatoms. The van der Waals surface area contributed by atoms with Gasteiger partial charge in [0, 0.05) is 38.8 Å². The Kier molecular flexibility index (Phi) is 6.33. The summed E-state index contributed by atoms with van der Waals surface area (Å²) >= 11 is 0. The van der Waals surface area contributed by atoms with Gasteiger partial charge in [-0.3, -0.25) is 9.80 Å². The molecule has 1 fully saturated rings. The summed E-state index contributed by atoms with van der Waals surface area (Å²) in [4.78, 5) is 5.19. The second-order valence-corrected chi connectivity index (χ2v) is 7.51. The molecule has 0 bridgehead atoms. The normalized spacial score (nSPS) is 18.5. The van der Waals surface area contributed by atoms with Crippen molar-refractivity contribution in [2.24, 2.45) is 0 Å². The van der Waals surface area contributed by atoms with Crippen LogP contribution in [0.25, 0.3) is 6.08 Å². The average molecular weight is 369 g/mol. The van der Waals surface area contributed by atoms with Crippen molar-refractivity contribution in [3.8, 4) is 0 Å². The Morgan fingerprint density at radius 2 is 1.25 bits per heavy atom. The Labute approximate surface area is 168 Å². The molecule has 28 heavy (non-hydrogen) atoms. The van der Waals surface area contributed by atoms with Gasteiger partial charge in [-0.2, -0.15) is 0 Å². The van der Waals surface area contributed by atoms with Crippen LogP contribution in [0.3, 0.4) is 0 Å². The summed E-state index contributed by atoms with van der Waals surface area (Å²) in [6, 6.07) is 32.7. The largest absolute Gasteiger partial charge is 0.296 e. The standard InChI is InChI=1S/C26H28N2/c1-4-10-23(11-5-1)16-17-26-22-27(20-24-12-6-2-7-13-24)18-19-28(26)21-25-14-8-3-9-15-25/h1-17,26H,18-22H2/b17-16+. The summed E-state index contributed by atoms with van der Waals surface area (Å²) in [5, 5.41) is 0. The van der Waals surface area contributed by atoms with Gasteiger partial charge in [0.2, 0.25) is 0 Å². The number of hydrogen-bond acceptors (Lipinski definition) is 2. The van der Waals surface area contributed by atoms with Gasteiger partial charge in [-0.05, 0) is 16.7 Å². The Hall–Kier alpha value is -2.68. The van der Waals surface area contributed by atoms with E-state index in [1.807, 2.05) is 0 Å². The zero-order valence-electron chi connectivity index (χ0n) is 16.3. The molecule has 2 nitrogen and oxygen atoms in total. The average Bonchev–Trinajstić information content (AvgIpc) is 2.76. The van der Waals surface area contributed by atoms with Crippen LogP contribution >= 0.6 is 0 Å². The lowest BCUT2D eigenvalue weighted by Crippen LogP contribution is -2.51. The van der Waals surface area contributed by atoms with Crippen LogP contribution in [-0.2, 0) is 13.1 Å². The first-order valence-electron chi connectivity index (χ1n) is 10.1. The number of nitrogens with zero attached hydrogens (tertiary/aromatic N) is 2. The smallest absolute Gasteiger partial charge is 0.0413 e. The minimum Gasteiger partial charge on any atom is -0.296 e. The van der Waals surface area contributed by atoms with Crippen molar-refractivity contribution in [2.45, 2.75) is 19.1 Å². The van der Waals surface area contributed by atoms with E-state index >= 15 is 0 Å². The molecule has 0 radical (unpaired) electrons. The molecule has 0 saturated carbocycles. The van der Waals surface area contributed by atoms with Crippen molar-refractivity contribution in [2.75, 3.05) is 19.6 Å². The van der Waals surface area contributed by atoms with Crippen LogP contribution < -0.4 is 0 Å². The van der Waals surface area contributed by atoms with Gasteiger partial charge in [-0.25, -0.2) is 0 Å². The van der Waals surface area contributed by atoms with E-state index in [2.05, 4.69) is 113 Å². The van der Waals surface area contributed by atoms with Crippen LogP contribution in [0.1, 0.15) is 16.7 Å². The predicted molar refractivity (Wildman–Crippen MR) is 118 cm³/mol. The zero-order valence-corrected chi connectivity index (χ0v) is 16.3. The van der Waals surface area contributed by atoms with Gasteiger partial charge >= 0.3 is 0 Å². The first-order valence-corrected chi connectivity index (χ1v) is 10.1. The first kappa shape index (κ1) is 18.7. The first-order chi connectivity index (χ1) is 13.9. The number of piperazine rings is 1. The zero-order chi connectivity index (χ0) is 19.0. The lowest BCUT2D eigenvalue weighted by Gasteiger charge is -2.40. The van der Waals surface area contributed by atoms with Gasteiger partial charge in [0.05, 0.1) is 0 Å². The molecular weight excluding hydrogens is 340 g/mol. The van der Waals surface area contributed by atoms with E-state index < -0.39 is 0 Å². The van der Waals surface area contributed by atoms with Gasteiger partial charge in [-0.15, -0.1) is 0 Å². The summed E-state index contributed by atoms with van der Waals surface area (Å²) < 4.78 is 0. The fourth-order valence-corrected chi connectivity index (χ4v) is 3.88. The molecule has 0 spiro atoms. The highest BCUT2D eigenvalue weighted by atomic mass is 15.3. The fourth-order valence-electron chi connectivity index (χ4n) is 3.88. The van der Waals surface area contributed by atoms with Crippen LogP contribution in [0.5, 0.6) is 0 Å². The Morgan fingerprint density at radius 1 is 0.679 bits per heavy atom. The molecule has 0 aromatic heterocycles. The summed E-state index contributed by atoms with van der Waals surface area (Å²) in [5.41, 5.74) is 4.05. The molecule has 1 aliphatic rings. The molecular formula is C26H28N2. The molecule has 1 unspecified atom stereocenters. The molecule has 3 aromatic carbocycles. The van der Waals surface area contributed by atoms with Crippen molar-refractivity contribution < 1.29 is 0 Å². The highest BCUT2D eigenvalue weighted by Gasteiger charge is 2.25. The van der Waals surface area contributed by atoms with Crippen molar-refractivity contribution >= 4 is 6.08 Å². The van der Waals surface area contributed by atoms with E-state index in [0.29, 0.717) is 6.04 Å². The Bertz CT molecular complexity index is 859. The fraction of sp³-hybridized carbons (Fsp3) is 0.231. The minimum atomic E-state index is 0.415. The summed E-state index contributed by atoms with van der Waals surface area (Å²) in [7, 11) is 0. The van der Waals surface area contributed by atoms with Crippen LogP contribution in [-0.4, -0.2) is 35.5 Å². The monoisotopic (exact) mass is 368 g/mol. The van der Waals surface area contributed by atoms with E-state index in [0.717, 1.165) is 32.7 Å². The van der Waals surface area contributed by atoms with Gasteiger partial charge in [0.15, 0.2) is 0 Å². The Balaban J connectivity index is 1.48. The predicted octanol–water partition coefficient (Wildman–Crippen LogP) is 5.09. The quantitative estimate of drug-likeness (QED) is 0.598. The van der Waals surface area contributed by atoms with Crippen molar-refractivity contribution in [1.29, 1.82) is 0 Å². The number of benzene rings is 3. The van der Waals surface area contributed by atoms with Gasteiger partial charge in [0.25, 0.3) is 0 Å². The van der Waals surface area contributed by atoms with E-state index in [1.54, 1.807) is 0 Å². The molecule has 1 atom stereocenters. The third-order valence-electron chi connectivity index (χ3n) is 5.41. The van der Waals surface area contributed by atoms with Gasteiger partial charge in [-0.1, -0.05) is 103 Å². The van der Waals surface area contributed by atoms with Crippen molar-refractivity contribution in [1.82, 2.24) is 9.80 Å². The lowest BCUT2D eigenvalue weighted by atomic mass is 10.1. The number of rotatable bonds is 6. The van der Waals surface area contributed by atoms with Crippen molar-refractivity contribution in [3.63, 3.8) is 0 Å². The molecule has 1 heterocycles. The molecule has 4 rings (SSSR count). The summed E-state index contributed by atoms with van der Waals surface area (Å²) in [6.07, 6.45) is 4.66. The third kappa shape index (κ3) is 5.19. The van der Waals surface area contributed by atoms with Crippen LogP contribution in [0, 0.1) is 0 Å². The second kappa shape index (κ2) is 9.50. The number of hydrogen-bond donors (Lipinski definition) is 0.